The third-order valence-electron chi connectivity index (χ3n) is 5.35. The van der Waals surface area contributed by atoms with Gasteiger partial charge in [-0.05, 0) is 51.0 Å². The maximum atomic E-state index is 14.8. The summed E-state index contributed by atoms with van der Waals surface area (Å²) in [4.78, 5) is 12.6. The molecule has 1 amide bonds. The van der Waals surface area contributed by atoms with Crippen LogP contribution in [0.3, 0.4) is 0 Å². The second kappa shape index (κ2) is 9.60. The Morgan fingerprint density at radius 2 is 1.82 bits per heavy atom. The Bertz CT molecular complexity index is 1280. The van der Waals surface area contributed by atoms with E-state index in [-0.39, 0.29) is 21.8 Å². The molecule has 2 aromatic carbocycles. The summed E-state index contributed by atoms with van der Waals surface area (Å²) in [5, 5.41) is 20.8. The number of aryl methyl sites for hydroxylation is 1. The topological polar surface area (TPSA) is 116 Å². The summed E-state index contributed by atoms with van der Waals surface area (Å²) in [5.74, 6) is -2.27. The predicted molar refractivity (Wildman–Crippen MR) is 124 cm³/mol. The van der Waals surface area contributed by atoms with Gasteiger partial charge in [-0.1, -0.05) is 41.5 Å². The van der Waals surface area contributed by atoms with E-state index < -0.39 is 32.6 Å². The van der Waals surface area contributed by atoms with E-state index >= 15 is 0 Å². The largest absolute Gasteiger partial charge is 0.507 e. The molecule has 174 valence electrons. The van der Waals surface area contributed by atoms with E-state index in [0.717, 1.165) is 23.3 Å². The molecule has 0 bridgehead atoms. The van der Waals surface area contributed by atoms with Crippen LogP contribution in [0.25, 0.3) is 5.70 Å². The molecule has 2 aromatic rings. The van der Waals surface area contributed by atoms with Crippen molar-refractivity contribution in [3.63, 3.8) is 0 Å². The zero-order valence-electron chi connectivity index (χ0n) is 18.4. The number of hydroxylamine groups is 1. The van der Waals surface area contributed by atoms with Crippen LogP contribution in [0.1, 0.15) is 31.4 Å². The average molecular weight is 473 g/mol. The number of phenols is 1. The minimum Gasteiger partial charge on any atom is -0.507 e. The quantitative estimate of drug-likeness (QED) is 0.468. The van der Waals surface area contributed by atoms with Crippen molar-refractivity contribution in [1.29, 1.82) is 0 Å². The molecule has 0 fully saturated rings. The van der Waals surface area contributed by atoms with Crippen LogP contribution in [0.2, 0.25) is 0 Å². The molecule has 0 aromatic heterocycles. The van der Waals surface area contributed by atoms with Crippen LogP contribution in [0, 0.1) is 12.7 Å². The van der Waals surface area contributed by atoms with Gasteiger partial charge in [0.05, 0.1) is 16.3 Å². The lowest BCUT2D eigenvalue weighted by atomic mass is 9.97. The first-order valence-electron chi connectivity index (χ1n) is 10.2. The first-order valence-corrected chi connectivity index (χ1v) is 11.7. The third kappa shape index (κ3) is 5.15. The second-order valence-corrected chi connectivity index (χ2v) is 10.1. The number of aromatic hydroxyl groups is 1. The van der Waals surface area contributed by atoms with Crippen LogP contribution in [0.5, 0.6) is 5.75 Å². The van der Waals surface area contributed by atoms with Gasteiger partial charge in [0.1, 0.15) is 16.8 Å². The highest BCUT2D eigenvalue weighted by Gasteiger charge is 2.30. The number of anilines is 1. The lowest BCUT2D eigenvalue weighted by molar-refractivity contribution is -0.115. The SMILES string of the molecule is CC1=CC(=C(NO)c2cc(F)c(NC(=O)C(C)S(=O)(=O)c3ccc(C)cc3)cc2O)CC=C1. The monoisotopic (exact) mass is 472 g/mol. The van der Waals surface area contributed by atoms with Crippen molar-refractivity contribution < 1.29 is 27.9 Å². The maximum Gasteiger partial charge on any atom is 0.242 e. The van der Waals surface area contributed by atoms with Crippen molar-refractivity contribution in [3.8, 4) is 5.75 Å². The van der Waals surface area contributed by atoms with Gasteiger partial charge in [0.15, 0.2) is 9.84 Å². The second-order valence-electron chi connectivity index (χ2n) is 7.85. The maximum absolute atomic E-state index is 14.8. The summed E-state index contributed by atoms with van der Waals surface area (Å²) >= 11 is 0. The van der Waals surface area contributed by atoms with Gasteiger partial charge in [-0.2, -0.15) is 0 Å². The molecular formula is C24H25FN2O5S. The van der Waals surface area contributed by atoms with Gasteiger partial charge in [0.2, 0.25) is 5.91 Å². The Labute approximate surface area is 191 Å². The minimum atomic E-state index is -4.00. The van der Waals surface area contributed by atoms with Gasteiger partial charge in [-0.25, -0.2) is 12.8 Å². The van der Waals surface area contributed by atoms with Crippen LogP contribution in [-0.4, -0.2) is 29.9 Å². The van der Waals surface area contributed by atoms with Crippen LogP contribution in [0.4, 0.5) is 10.1 Å². The normalized spacial score (nSPS) is 16.1. The van der Waals surface area contributed by atoms with E-state index in [1.54, 1.807) is 18.2 Å². The number of hydrogen-bond acceptors (Lipinski definition) is 6. The Morgan fingerprint density at radius 3 is 2.42 bits per heavy atom. The van der Waals surface area contributed by atoms with E-state index in [0.29, 0.717) is 12.0 Å². The first kappa shape index (κ1) is 24.2. The van der Waals surface area contributed by atoms with Crippen molar-refractivity contribution in [2.45, 2.75) is 37.3 Å². The summed E-state index contributed by atoms with van der Waals surface area (Å²) in [6.07, 6.45) is 5.99. The highest BCUT2D eigenvalue weighted by atomic mass is 32.2. The summed E-state index contributed by atoms with van der Waals surface area (Å²) < 4.78 is 40.3. The summed E-state index contributed by atoms with van der Waals surface area (Å²) in [5.41, 5.74) is 4.13. The molecule has 0 aliphatic heterocycles. The molecular weight excluding hydrogens is 447 g/mol. The number of hydrogen-bond donors (Lipinski definition) is 4. The minimum absolute atomic E-state index is 0.0114. The number of amides is 1. The standard InChI is InChI=1S/C24H25FN2O5S/c1-14-7-9-18(10-8-14)33(31,32)16(3)24(29)26-21-13-22(28)19(12-20(21)25)23(27-30)17-6-4-5-15(2)11-17/h4-5,7-13,16,27-28,30H,6H2,1-3H3,(H,26,29). The molecule has 0 radical (unpaired) electrons. The van der Waals surface area contributed by atoms with Gasteiger partial charge >= 0.3 is 0 Å². The summed E-state index contributed by atoms with van der Waals surface area (Å²) in [6, 6.07) is 7.98. The van der Waals surface area contributed by atoms with Gasteiger partial charge < -0.3 is 10.4 Å². The fourth-order valence-electron chi connectivity index (χ4n) is 3.40. The Morgan fingerprint density at radius 1 is 1.15 bits per heavy atom. The highest BCUT2D eigenvalue weighted by molar-refractivity contribution is 7.92. The molecule has 0 spiro atoms. The number of phenolic OH excluding ortho intramolecular Hbond substituents is 1. The van der Waals surface area contributed by atoms with Crippen LogP contribution in [0.15, 0.2) is 70.7 Å². The number of rotatable bonds is 6. The number of nitrogens with one attached hydrogen (secondary N) is 2. The molecule has 9 heteroatoms. The number of allylic oxidation sites excluding steroid dienone is 5. The number of sulfone groups is 1. The van der Waals surface area contributed by atoms with Gasteiger partial charge in [0.25, 0.3) is 0 Å². The smallest absolute Gasteiger partial charge is 0.242 e. The van der Waals surface area contributed by atoms with Gasteiger partial charge in [0, 0.05) is 11.6 Å². The third-order valence-corrected chi connectivity index (χ3v) is 7.42. The Kier molecular flexibility index (Phi) is 7.04. The lowest BCUT2D eigenvalue weighted by Gasteiger charge is -2.17. The zero-order chi connectivity index (χ0) is 24.3. The Balaban J connectivity index is 1.88. The first-order chi connectivity index (χ1) is 15.5. The summed E-state index contributed by atoms with van der Waals surface area (Å²) in [6.45, 7) is 4.87. The van der Waals surface area contributed by atoms with E-state index in [9.17, 15) is 27.9 Å². The number of halogens is 1. The van der Waals surface area contributed by atoms with E-state index in [1.165, 1.54) is 19.1 Å². The lowest BCUT2D eigenvalue weighted by Crippen LogP contribution is -2.33. The van der Waals surface area contributed by atoms with Crippen molar-refractivity contribution in [2.75, 3.05) is 5.32 Å². The van der Waals surface area contributed by atoms with Gasteiger partial charge in [-0.15, -0.1) is 0 Å². The van der Waals surface area contributed by atoms with E-state index in [4.69, 9.17) is 0 Å². The fraction of sp³-hybridized carbons (Fsp3) is 0.208. The predicted octanol–water partition coefficient (Wildman–Crippen LogP) is 4.24. The number of benzene rings is 2. The Hall–Kier alpha value is -3.43. The van der Waals surface area contributed by atoms with Crippen molar-refractivity contribution in [2.24, 2.45) is 0 Å². The van der Waals surface area contributed by atoms with E-state index in [1.807, 2.05) is 31.5 Å². The van der Waals surface area contributed by atoms with Crippen molar-refractivity contribution >= 4 is 27.1 Å². The number of carbonyl (C=O) groups excluding carboxylic acids is 1. The molecule has 1 aliphatic rings. The summed E-state index contributed by atoms with van der Waals surface area (Å²) in [7, 11) is -4.00. The molecule has 7 nitrogen and oxygen atoms in total. The average Bonchev–Trinajstić information content (AvgIpc) is 2.77. The van der Waals surface area contributed by atoms with Crippen LogP contribution >= 0.6 is 0 Å². The molecule has 0 saturated carbocycles. The molecule has 1 aliphatic carbocycles. The molecule has 0 heterocycles. The molecule has 4 N–H and O–H groups in total. The fourth-order valence-corrected chi connectivity index (χ4v) is 4.66. The molecule has 0 saturated heterocycles. The zero-order valence-corrected chi connectivity index (χ0v) is 19.2. The van der Waals surface area contributed by atoms with Crippen molar-refractivity contribution in [1.82, 2.24) is 5.48 Å². The van der Waals surface area contributed by atoms with Crippen molar-refractivity contribution in [3.05, 3.63) is 82.7 Å². The molecule has 1 unspecified atom stereocenters. The van der Waals surface area contributed by atoms with Crippen LogP contribution in [-0.2, 0) is 14.6 Å². The highest BCUT2D eigenvalue weighted by Crippen LogP contribution is 2.33. The molecule has 3 rings (SSSR count). The van der Waals surface area contributed by atoms with Crippen LogP contribution < -0.4 is 10.8 Å². The molecule has 33 heavy (non-hydrogen) atoms. The molecule has 1 atom stereocenters. The van der Waals surface area contributed by atoms with E-state index in [2.05, 4.69) is 5.32 Å². The van der Waals surface area contributed by atoms with Gasteiger partial charge in [-0.3, -0.25) is 15.5 Å². The number of carbonyl (C=O) groups is 1.